The Hall–Kier alpha value is -4.00. The fourth-order valence-corrected chi connectivity index (χ4v) is 9.42. The number of aliphatic hydroxyl groups excluding tert-OH is 1. The number of hydroxylamine groups is 2. The third-order valence-corrected chi connectivity index (χ3v) is 12.8. The van der Waals surface area contributed by atoms with E-state index in [1.165, 1.54) is 18.4 Å². The van der Waals surface area contributed by atoms with Crippen LogP contribution in [0.2, 0.25) is 0 Å². The van der Waals surface area contributed by atoms with Crippen molar-refractivity contribution in [3.8, 4) is 16.9 Å². The van der Waals surface area contributed by atoms with Crippen LogP contribution in [0.5, 0.6) is 5.75 Å². The molecule has 8 atom stereocenters. The summed E-state index contributed by atoms with van der Waals surface area (Å²) in [5.74, 6) is 0.146. The lowest BCUT2D eigenvalue weighted by molar-refractivity contribution is -0.183. The highest BCUT2D eigenvalue weighted by molar-refractivity contribution is 6.05. The number of ether oxygens (including phenoxy) is 2. The number of fused-ring (bicyclic) bond motifs is 2. The molecule has 12 heteroatoms. The maximum atomic E-state index is 14.6. The molecule has 3 aliphatic carbocycles. The third kappa shape index (κ3) is 9.34. The van der Waals surface area contributed by atoms with Crippen LogP contribution in [0.1, 0.15) is 97.0 Å². The van der Waals surface area contributed by atoms with Crippen molar-refractivity contribution in [2.75, 3.05) is 39.8 Å². The second-order valence-corrected chi connectivity index (χ2v) is 18.3. The molecule has 57 heavy (non-hydrogen) atoms. The van der Waals surface area contributed by atoms with Crippen LogP contribution in [0.4, 0.5) is 5.69 Å². The van der Waals surface area contributed by atoms with Crippen LogP contribution in [-0.2, 0) is 30.5 Å². The number of methoxy groups -OCH3 is 1. The molecule has 1 saturated heterocycles. The van der Waals surface area contributed by atoms with E-state index in [0.717, 1.165) is 12.1 Å². The van der Waals surface area contributed by atoms with Crippen LogP contribution < -0.4 is 15.0 Å². The zero-order valence-electron chi connectivity index (χ0n) is 36.1. The number of nitrogens with one attached hydrogen (secondary N) is 1. The predicted octanol–water partition coefficient (Wildman–Crippen LogP) is 6.33. The first kappa shape index (κ1) is 44.1. The molecule has 6 rings (SSSR count). The summed E-state index contributed by atoms with van der Waals surface area (Å²) in [5, 5.41) is 15.6. The zero-order chi connectivity index (χ0) is 42.1. The quantitative estimate of drug-likeness (QED) is 0.197. The lowest BCUT2D eigenvalue weighted by Crippen LogP contribution is -2.62. The zero-order valence-corrected chi connectivity index (χ0v) is 36.1. The first-order chi connectivity index (χ1) is 26.8. The topological polar surface area (TPSA) is 138 Å². The second-order valence-electron chi connectivity index (χ2n) is 18.3. The third-order valence-electron chi connectivity index (χ3n) is 12.8. The Kier molecular flexibility index (Phi) is 13.8. The molecule has 314 valence electrons. The number of para-hydroxylation sites is 1. The Morgan fingerprint density at radius 2 is 1.68 bits per heavy atom. The number of anilines is 1. The number of aliphatic hydroxyl groups is 1. The molecule has 2 aromatic rings. The summed E-state index contributed by atoms with van der Waals surface area (Å²) in [6, 6.07) is 10.3. The number of benzene rings is 2. The molecule has 4 aliphatic rings. The maximum Gasteiger partial charge on any atom is 0.306 e. The lowest BCUT2D eigenvalue weighted by Gasteiger charge is -2.62. The molecule has 0 aromatic heterocycles. The van der Waals surface area contributed by atoms with Gasteiger partial charge in [0.2, 0.25) is 11.8 Å². The molecule has 0 radical (unpaired) electrons. The second kappa shape index (κ2) is 17.9. The number of hydrogen-bond donors (Lipinski definition) is 2. The van der Waals surface area contributed by atoms with Crippen molar-refractivity contribution in [2.24, 2.45) is 40.9 Å². The predicted molar refractivity (Wildman–Crippen MR) is 220 cm³/mol. The molecule has 1 heterocycles. The van der Waals surface area contributed by atoms with Crippen molar-refractivity contribution in [2.45, 2.75) is 112 Å². The molecule has 2 aromatic carbocycles. The summed E-state index contributed by atoms with van der Waals surface area (Å²) >= 11 is 0. The van der Waals surface area contributed by atoms with E-state index in [1.54, 1.807) is 31.2 Å². The van der Waals surface area contributed by atoms with E-state index >= 15 is 0 Å². The van der Waals surface area contributed by atoms with Gasteiger partial charge in [-0.05, 0) is 78.5 Å². The van der Waals surface area contributed by atoms with E-state index in [-0.39, 0.29) is 73.0 Å². The SMILES string of the molecule is COc1c(CN2O[C@@H](CO)[C@@H]([C@H](C)OC(=O)CC(C)C)C2C(=O)N[C@H]2C[C@H]3C[C@@H]([C@@H]2C)C3(C)C)cccc1-c1cc(C(=O)N(C)C(=O)CC(C)C)cc(N(C)C)c1. The van der Waals surface area contributed by atoms with Crippen LogP contribution >= 0.6 is 0 Å². The monoisotopic (exact) mass is 790 g/mol. The molecule has 2 bridgehead atoms. The fourth-order valence-electron chi connectivity index (χ4n) is 9.42. The molecule has 12 nitrogen and oxygen atoms in total. The number of amides is 3. The van der Waals surface area contributed by atoms with Gasteiger partial charge in [0.1, 0.15) is 24.0 Å². The van der Waals surface area contributed by atoms with Gasteiger partial charge in [0.25, 0.3) is 5.91 Å². The Balaban J connectivity index is 1.50. The largest absolute Gasteiger partial charge is 0.496 e. The number of hydrogen-bond acceptors (Lipinski definition) is 10. The number of carbonyl (C=O) groups is 4. The molecule has 2 N–H and O–H groups in total. The minimum Gasteiger partial charge on any atom is -0.496 e. The molecule has 4 fully saturated rings. The van der Waals surface area contributed by atoms with Gasteiger partial charge < -0.3 is 24.8 Å². The van der Waals surface area contributed by atoms with Crippen molar-refractivity contribution in [3.63, 3.8) is 0 Å². The summed E-state index contributed by atoms with van der Waals surface area (Å²) in [6.07, 6.45) is 1.02. The number of imide groups is 1. The average Bonchev–Trinajstić information content (AvgIpc) is 3.52. The Labute approximate surface area is 339 Å². The van der Waals surface area contributed by atoms with Gasteiger partial charge in [-0.25, -0.2) is 0 Å². The summed E-state index contributed by atoms with van der Waals surface area (Å²) in [5.41, 5.74) is 3.48. The highest BCUT2D eigenvalue weighted by Gasteiger charge is 2.57. The van der Waals surface area contributed by atoms with Crippen LogP contribution in [0.25, 0.3) is 11.1 Å². The van der Waals surface area contributed by atoms with E-state index in [1.807, 2.05) is 71.0 Å². The Morgan fingerprint density at radius 3 is 2.26 bits per heavy atom. The normalized spacial score (nSPS) is 25.8. The number of carbonyl (C=O) groups excluding carboxylic acids is 4. The van der Waals surface area contributed by atoms with Crippen molar-refractivity contribution in [1.29, 1.82) is 0 Å². The minimum atomic E-state index is -0.893. The van der Waals surface area contributed by atoms with E-state index < -0.39 is 30.1 Å². The van der Waals surface area contributed by atoms with Gasteiger partial charge in [0, 0.05) is 62.4 Å². The van der Waals surface area contributed by atoms with E-state index in [2.05, 4.69) is 26.1 Å². The first-order valence-electron chi connectivity index (χ1n) is 20.6. The molecule has 1 unspecified atom stereocenters. The van der Waals surface area contributed by atoms with E-state index in [9.17, 15) is 24.3 Å². The van der Waals surface area contributed by atoms with Crippen molar-refractivity contribution >= 4 is 29.4 Å². The van der Waals surface area contributed by atoms with Gasteiger partial charge in [-0.15, -0.1) is 0 Å². The average molecular weight is 791 g/mol. The summed E-state index contributed by atoms with van der Waals surface area (Å²) < 4.78 is 12.0. The van der Waals surface area contributed by atoms with E-state index in [4.69, 9.17) is 14.3 Å². The van der Waals surface area contributed by atoms with Crippen molar-refractivity contribution in [1.82, 2.24) is 15.3 Å². The van der Waals surface area contributed by atoms with Crippen molar-refractivity contribution < 1.29 is 38.6 Å². The highest BCUT2D eigenvalue weighted by Crippen LogP contribution is 2.61. The smallest absolute Gasteiger partial charge is 0.306 e. The standard InChI is InChI=1S/C45H66N4O8/c1-25(2)16-38(51)48(11)44(54)31-18-30(19-33(20-31)47(9)10)34-15-13-14-29(42(34)55-12)23-49-41(40(37(24-50)57-49)28(6)56-39(52)17-26(3)4)43(53)46-36-22-32-21-35(27(36)5)45(32,7)8/h13-15,18-20,25-28,32,35-37,40-41,50H,16-17,21-24H2,1-12H3,(H,46,53)/t27-,28-,32+,35-,36-,37-,40+,41?/m0/s1. The van der Waals surface area contributed by atoms with Gasteiger partial charge in [-0.3, -0.25) is 28.9 Å². The van der Waals surface area contributed by atoms with Crippen LogP contribution in [0.15, 0.2) is 36.4 Å². The van der Waals surface area contributed by atoms with Gasteiger partial charge in [0.15, 0.2) is 0 Å². The summed E-state index contributed by atoms with van der Waals surface area (Å²) in [4.78, 5) is 63.7. The molecule has 1 aliphatic heterocycles. The number of esters is 1. The first-order valence-corrected chi connectivity index (χ1v) is 20.6. The van der Waals surface area contributed by atoms with Gasteiger partial charge in [0.05, 0.1) is 26.2 Å². The Bertz CT molecular complexity index is 1790. The van der Waals surface area contributed by atoms with Crippen molar-refractivity contribution in [3.05, 3.63) is 47.5 Å². The highest BCUT2D eigenvalue weighted by atomic mass is 16.7. The summed E-state index contributed by atoms with van der Waals surface area (Å²) in [6.45, 7) is 16.1. The molecule has 3 saturated carbocycles. The lowest BCUT2D eigenvalue weighted by atomic mass is 9.45. The number of nitrogens with zero attached hydrogens (tertiary/aromatic N) is 3. The van der Waals surface area contributed by atoms with E-state index in [0.29, 0.717) is 39.8 Å². The molecule has 0 spiro atoms. The van der Waals surface area contributed by atoms with Crippen LogP contribution in [-0.4, -0.2) is 97.9 Å². The van der Waals surface area contributed by atoms with Gasteiger partial charge in [-0.1, -0.05) is 66.7 Å². The molecular formula is C45H66N4O8. The van der Waals surface area contributed by atoms with Crippen LogP contribution in [0, 0.1) is 40.9 Å². The van der Waals surface area contributed by atoms with Gasteiger partial charge >= 0.3 is 5.97 Å². The summed E-state index contributed by atoms with van der Waals surface area (Å²) in [7, 11) is 6.86. The number of rotatable bonds is 15. The molecular weight excluding hydrogens is 725 g/mol. The Morgan fingerprint density at radius 1 is 1.00 bits per heavy atom. The van der Waals surface area contributed by atoms with Crippen LogP contribution in [0.3, 0.4) is 0 Å². The molecule has 3 amide bonds. The van der Waals surface area contributed by atoms with Gasteiger partial charge in [-0.2, -0.15) is 5.06 Å². The minimum absolute atomic E-state index is 0.0118. The fraction of sp³-hybridized carbons (Fsp3) is 0.644. The maximum absolute atomic E-state index is 14.6.